The third kappa shape index (κ3) is 4.09. The van der Waals surface area contributed by atoms with Gasteiger partial charge in [0.15, 0.2) is 5.82 Å². The first-order chi connectivity index (χ1) is 15.4. The minimum absolute atomic E-state index is 0.217. The van der Waals surface area contributed by atoms with Crippen LogP contribution in [0.2, 0.25) is 0 Å². The zero-order valence-electron chi connectivity index (χ0n) is 18.4. The number of anilines is 1. The monoisotopic (exact) mass is 433 g/mol. The van der Waals surface area contributed by atoms with Crippen molar-refractivity contribution in [1.29, 1.82) is 0 Å². The molecule has 3 amide bonds. The van der Waals surface area contributed by atoms with Gasteiger partial charge in [-0.1, -0.05) is 48.5 Å². The number of methoxy groups -OCH3 is 1. The van der Waals surface area contributed by atoms with Gasteiger partial charge in [0.1, 0.15) is 0 Å². The van der Waals surface area contributed by atoms with Crippen molar-refractivity contribution in [3.63, 3.8) is 0 Å². The van der Waals surface area contributed by atoms with E-state index >= 15 is 0 Å². The van der Waals surface area contributed by atoms with Crippen LogP contribution in [-0.2, 0) is 16.8 Å². The second-order valence-corrected chi connectivity index (χ2v) is 8.26. The molecule has 1 aromatic heterocycles. The molecule has 1 unspecified atom stereocenters. The fraction of sp³-hybridized carbons (Fsp3) is 0.292. The lowest BCUT2D eigenvalue weighted by molar-refractivity contribution is 0.102. The van der Waals surface area contributed by atoms with Gasteiger partial charge in [-0.05, 0) is 31.5 Å². The van der Waals surface area contributed by atoms with Crippen LogP contribution in [0.15, 0.2) is 60.7 Å². The Kier molecular flexibility index (Phi) is 5.96. The van der Waals surface area contributed by atoms with Crippen LogP contribution in [0.4, 0.5) is 10.6 Å². The number of aromatic amines is 1. The molecule has 0 saturated heterocycles. The SMILES string of the molecule is COCC(NC(=O)N1Cc2c(NC(=O)c3ccccc3)n[nH]c2C1(C)C)c1ccccc1. The number of H-pyrrole nitrogens is 1. The van der Waals surface area contributed by atoms with Gasteiger partial charge in [-0.15, -0.1) is 0 Å². The summed E-state index contributed by atoms with van der Waals surface area (Å²) in [6, 6.07) is 18.2. The molecule has 4 rings (SSSR count). The van der Waals surface area contributed by atoms with Crippen molar-refractivity contribution < 1.29 is 14.3 Å². The van der Waals surface area contributed by atoms with Crippen molar-refractivity contribution in [1.82, 2.24) is 20.4 Å². The van der Waals surface area contributed by atoms with E-state index in [4.69, 9.17) is 4.74 Å². The molecular formula is C24H27N5O3. The molecule has 166 valence electrons. The Bertz CT molecular complexity index is 1100. The van der Waals surface area contributed by atoms with Crippen LogP contribution < -0.4 is 10.6 Å². The molecule has 1 aliphatic heterocycles. The number of nitrogens with zero attached hydrogens (tertiary/aromatic N) is 2. The summed E-state index contributed by atoms with van der Waals surface area (Å²) in [5.74, 6) is 0.193. The summed E-state index contributed by atoms with van der Waals surface area (Å²) in [5, 5.41) is 13.3. The lowest BCUT2D eigenvalue weighted by Gasteiger charge is -2.33. The Balaban J connectivity index is 1.52. The summed E-state index contributed by atoms with van der Waals surface area (Å²) in [7, 11) is 1.61. The lowest BCUT2D eigenvalue weighted by atomic mass is 10.0. The van der Waals surface area contributed by atoms with Crippen LogP contribution in [-0.4, -0.2) is 40.8 Å². The number of rotatable bonds is 6. The molecule has 0 radical (unpaired) electrons. The van der Waals surface area contributed by atoms with Crippen LogP contribution >= 0.6 is 0 Å². The fourth-order valence-electron chi connectivity index (χ4n) is 4.01. The number of ether oxygens (including phenoxy) is 1. The van der Waals surface area contributed by atoms with E-state index in [0.29, 0.717) is 24.5 Å². The van der Waals surface area contributed by atoms with Crippen molar-refractivity contribution in [2.75, 3.05) is 19.0 Å². The smallest absolute Gasteiger partial charge is 0.319 e. The molecule has 8 nitrogen and oxygen atoms in total. The Hall–Kier alpha value is -3.65. The summed E-state index contributed by atoms with van der Waals surface area (Å²) in [6.45, 7) is 4.58. The largest absolute Gasteiger partial charge is 0.382 e. The second kappa shape index (κ2) is 8.84. The molecule has 1 atom stereocenters. The number of urea groups is 1. The van der Waals surface area contributed by atoms with E-state index in [1.165, 1.54) is 0 Å². The topological polar surface area (TPSA) is 99.3 Å². The quantitative estimate of drug-likeness (QED) is 0.550. The van der Waals surface area contributed by atoms with Crippen molar-refractivity contribution in [2.45, 2.75) is 32.0 Å². The van der Waals surface area contributed by atoms with Crippen molar-refractivity contribution in [3.05, 3.63) is 83.0 Å². The maximum atomic E-state index is 13.3. The summed E-state index contributed by atoms with van der Waals surface area (Å²) in [6.07, 6.45) is 0. The van der Waals surface area contributed by atoms with Crippen molar-refractivity contribution >= 4 is 17.8 Å². The summed E-state index contributed by atoms with van der Waals surface area (Å²) < 4.78 is 5.33. The molecule has 32 heavy (non-hydrogen) atoms. The number of aromatic nitrogens is 2. The minimum Gasteiger partial charge on any atom is -0.382 e. The Labute approximate surface area is 187 Å². The van der Waals surface area contributed by atoms with Crippen LogP contribution in [0.3, 0.4) is 0 Å². The van der Waals surface area contributed by atoms with Crippen LogP contribution in [0.1, 0.15) is 47.1 Å². The van der Waals surface area contributed by atoms with E-state index in [9.17, 15) is 9.59 Å². The molecule has 3 aromatic rings. The Morgan fingerprint density at radius 2 is 1.78 bits per heavy atom. The lowest BCUT2D eigenvalue weighted by Crippen LogP contribution is -2.48. The number of fused-ring (bicyclic) bond motifs is 1. The predicted molar refractivity (Wildman–Crippen MR) is 121 cm³/mol. The van der Waals surface area contributed by atoms with Crippen LogP contribution in [0, 0.1) is 0 Å². The van der Waals surface area contributed by atoms with E-state index < -0.39 is 5.54 Å². The van der Waals surface area contributed by atoms with Gasteiger partial charge in [0, 0.05) is 18.2 Å². The first-order valence-electron chi connectivity index (χ1n) is 10.5. The molecular weight excluding hydrogens is 406 g/mol. The highest BCUT2D eigenvalue weighted by Gasteiger charge is 2.44. The maximum absolute atomic E-state index is 13.3. The number of carbonyl (C=O) groups excluding carboxylic acids is 2. The number of hydrogen-bond acceptors (Lipinski definition) is 4. The van der Waals surface area contributed by atoms with Gasteiger partial charge < -0.3 is 20.3 Å². The van der Waals surface area contributed by atoms with Gasteiger partial charge in [-0.3, -0.25) is 9.89 Å². The third-order valence-corrected chi connectivity index (χ3v) is 5.82. The predicted octanol–water partition coefficient (Wildman–Crippen LogP) is 3.81. The van der Waals surface area contributed by atoms with Crippen molar-refractivity contribution in [2.24, 2.45) is 0 Å². The minimum atomic E-state index is -0.629. The first kappa shape index (κ1) is 21.6. The molecule has 0 aliphatic carbocycles. The summed E-state index contributed by atoms with van der Waals surface area (Å²) in [5.41, 5.74) is 2.49. The van der Waals surface area contributed by atoms with E-state index in [1.54, 1.807) is 24.1 Å². The van der Waals surface area contributed by atoms with Gasteiger partial charge in [0.2, 0.25) is 0 Å². The van der Waals surface area contributed by atoms with Crippen molar-refractivity contribution in [3.8, 4) is 0 Å². The average molecular weight is 434 g/mol. The molecule has 0 fully saturated rings. The molecule has 3 N–H and O–H groups in total. The number of carbonyl (C=O) groups is 2. The van der Waals surface area contributed by atoms with Crippen LogP contribution in [0.25, 0.3) is 0 Å². The van der Waals surface area contributed by atoms with Gasteiger partial charge >= 0.3 is 6.03 Å². The molecule has 0 spiro atoms. The molecule has 0 saturated carbocycles. The fourth-order valence-corrected chi connectivity index (χ4v) is 4.01. The summed E-state index contributed by atoms with van der Waals surface area (Å²) in [4.78, 5) is 27.6. The third-order valence-electron chi connectivity index (χ3n) is 5.82. The highest BCUT2D eigenvalue weighted by atomic mass is 16.5. The average Bonchev–Trinajstić information content (AvgIpc) is 3.32. The Morgan fingerprint density at radius 1 is 1.12 bits per heavy atom. The van der Waals surface area contributed by atoms with E-state index in [-0.39, 0.29) is 18.0 Å². The molecule has 8 heteroatoms. The zero-order valence-corrected chi connectivity index (χ0v) is 18.4. The number of benzene rings is 2. The van der Waals surface area contributed by atoms with Gasteiger partial charge in [0.05, 0.1) is 30.4 Å². The maximum Gasteiger partial charge on any atom is 0.319 e. The number of amides is 3. The van der Waals surface area contributed by atoms with E-state index in [0.717, 1.165) is 16.8 Å². The first-order valence-corrected chi connectivity index (χ1v) is 10.5. The molecule has 2 aromatic carbocycles. The highest BCUT2D eigenvalue weighted by molar-refractivity contribution is 6.04. The van der Waals surface area contributed by atoms with E-state index in [2.05, 4.69) is 20.8 Å². The number of nitrogens with one attached hydrogen (secondary N) is 3. The second-order valence-electron chi connectivity index (χ2n) is 8.26. The van der Waals surface area contributed by atoms with Gasteiger partial charge in [0.25, 0.3) is 5.91 Å². The molecule has 1 aliphatic rings. The van der Waals surface area contributed by atoms with Crippen LogP contribution in [0.5, 0.6) is 0 Å². The highest BCUT2D eigenvalue weighted by Crippen LogP contribution is 2.40. The van der Waals surface area contributed by atoms with Gasteiger partial charge in [-0.2, -0.15) is 5.10 Å². The molecule has 2 heterocycles. The number of hydrogen-bond donors (Lipinski definition) is 3. The van der Waals surface area contributed by atoms with Gasteiger partial charge in [-0.25, -0.2) is 4.79 Å². The summed E-state index contributed by atoms with van der Waals surface area (Å²) >= 11 is 0. The normalized spacial score (nSPS) is 15.2. The standard InChI is InChI=1S/C24H27N5O3/c1-24(2)20-18(21(28-27-20)26-22(30)17-12-8-5-9-13-17)14-29(24)23(31)25-19(15-32-3)16-10-6-4-7-11-16/h4-13,19H,14-15H2,1-3H3,(H,25,31)(H2,26,27,28,30). The molecule has 0 bridgehead atoms. The Morgan fingerprint density at radius 3 is 2.44 bits per heavy atom. The zero-order chi connectivity index (χ0) is 22.7. The van der Waals surface area contributed by atoms with E-state index in [1.807, 2.05) is 62.4 Å².